The number of carbonyl (C=O) groups excluding carboxylic acids is 3. The zero-order chi connectivity index (χ0) is 105. The van der Waals surface area contributed by atoms with Gasteiger partial charge in [-0.3, -0.25) is 9.59 Å². The first kappa shape index (κ1) is 108. The van der Waals surface area contributed by atoms with E-state index in [0.29, 0.717) is 56.2 Å². The molecule has 5 aliphatic heterocycles. The number of aromatic amines is 2. The van der Waals surface area contributed by atoms with Gasteiger partial charge in [0.1, 0.15) is 32.4 Å². The Bertz CT molecular complexity index is 7180. The number of aliphatic carboxylic acids is 1. The van der Waals surface area contributed by atoms with Crippen molar-refractivity contribution >= 4 is 128 Å². The number of nitrogens with two attached hydrogens (primary N) is 2. The molecule has 0 radical (unpaired) electrons. The SMILES string of the molecule is COC(=O)[C@@H](OC(C)(C)C)c1c(-c2ccc3c(c2C)CCCO3)c(C)c2c([nH]c(=O)c3sccc32)c1C.COC(=O)[C@@H](OC(C)(C)C)c1c(C)c(N)c(B2OC(C)(C)C(C)(C)O2)c(C)c1-c1ccc2c(c1C)CCCO2.COC(=O)[C@@H](OC(C)(C)C)c1c(C)c(N)c(Br)c(C)c1-c1ccc2c(c1C)CCCO2.Cc1c(-c2c([C@H](OC(C)(C)C)C(=O)O)c(C)c3[nH]c(=O)c4sccc4c3c2C)ccc2c1CCCO2. The minimum absolute atomic E-state index is 0.132. The molecule has 1 saturated heterocycles. The van der Waals surface area contributed by atoms with Gasteiger partial charge in [-0.1, -0.05) is 24.3 Å². The van der Waals surface area contributed by atoms with Crippen LogP contribution in [0.15, 0.2) is 85.5 Å². The summed E-state index contributed by atoms with van der Waals surface area (Å²) in [7, 11) is 3.48. The summed E-state index contributed by atoms with van der Waals surface area (Å²) in [6.07, 6.45) is 3.55. The number of benzene rings is 8. The number of H-pyrrole nitrogens is 2. The van der Waals surface area contributed by atoms with E-state index in [9.17, 15) is 33.9 Å². The molecule has 0 bridgehead atoms. The molecule has 7 N–H and O–H groups in total. The Hall–Kier alpha value is -10.9. The monoisotopic (exact) mass is 2050 g/mol. The lowest BCUT2D eigenvalue weighted by Gasteiger charge is -2.32. The highest BCUT2D eigenvalue weighted by Gasteiger charge is 2.54. The Kier molecular flexibility index (Phi) is 31.3. The van der Waals surface area contributed by atoms with Crippen LogP contribution in [0.1, 0.15) is 272 Å². The summed E-state index contributed by atoms with van der Waals surface area (Å²) >= 11 is 6.52. The third-order valence-corrected chi connectivity index (χ3v) is 31.4. The van der Waals surface area contributed by atoms with Crippen LogP contribution < -0.4 is 47.0 Å². The van der Waals surface area contributed by atoms with Gasteiger partial charge in [-0.25, -0.2) is 19.2 Å². The van der Waals surface area contributed by atoms with E-state index in [1.807, 2.05) is 212 Å². The first-order valence-corrected chi connectivity index (χ1v) is 51.7. The van der Waals surface area contributed by atoms with E-state index >= 15 is 0 Å². The fraction of sp³-hybridized carbons (Fsp3) is 0.461. The van der Waals surface area contributed by atoms with E-state index < -0.39 is 89.0 Å². The standard InChI is InChI=1S/C31H44BNO6.C30H33NO5S.C29H31NO5S.C25H32BrNO4/c1-17-20-13-12-16-36-22(20)15-14-21(17)23-18(2)25(32-38-30(7,8)31(9,10)39-32)26(33)19(3)24(23)27(28(34)35-11)37-29(4,5)6;1-15-18-9-8-13-35-21(18)11-10-19(15)22-16(2)23-20-12-14-37-27(20)28(32)31-25(23)17(3)24(22)26(29(33)34-7)36-30(4,5)6;1-14-17-8-7-12-34-20(17)10-9-18(14)21-15(2)22-19-11-13-36-26(19)27(31)30-24(22)16(3)23(21)25(28(32)33)35-29(4,5)6;1-13-16-9-8-12-30-18(16)11-10-17(13)19-14(2)21(26)22(27)15(3)20(19)23(24(28)29-7)31-25(4,5)6/h14-15,27H,12-13,16,33H2,1-11H3;10-12,14,26H,8-9,13H2,1-7H3,(H,31,32);9-11,13,25H,7-8,12H2,1-6H3,(H,30,31)(H,32,33);10-11,23H,8-9,12,27H2,1-7H3/t27-;26-;25-;23-/m0000/s1. The summed E-state index contributed by atoms with van der Waals surface area (Å²) in [4.78, 5) is 84.3. The highest BCUT2D eigenvalue weighted by atomic mass is 79.9. The van der Waals surface area contributed by atoms with Gasteiger partial charge < -0.3 is 88.0 Å². The molecule has 1 fully saturated rings. The van der Waals surface area contributed by atoms with Crippen LogP contribution in [0.4, 0.5) is 11.4 Å². The predicted octanol–water partition coefficient (Wildman–Crippen LogP) is 24.8. The van der Waals surface area contributed by atoms with E-state index in [1.165, 1.54) is 60.7 Å². The summed E-state index contributed by atoms with van der Waals surface area (Å²) in [6, 6.07) is 20.3. The second kappa shape index (κ2) is 41.5. The molecule has 17 rings (SSSR count). The number of halogens is 1. The first-order valence-electron chi connectivity index (χ1n) is 49.2. The van der Waals surface area contributed by atoms with Crippen molar-refractivity contribution in [1.29, 1.82) is 0 Å². The Morgan fingerprint density at radius 2 is 0.678 bits per heavy atom. The smallest absolute Gasteiger partial charge is 0.493 e. The van der Waals surface area contributed by atoms with Gasteiger partial charge in [0, 0.05) is 65.1 Å². The number of nitrogens with one attached hydrogen (secondary N) is 2. The van der Waals surface area contributed by atoms with Crippen molar-refractivity contribution in [2.24, 2.45) is 0 Å². The van der Waals surface area contributed by atoms with E-state index in [0.717, 1.165) is 247 Å². The van der Waals surface area contributed by atoms with Gasteiger partial charge in [-0.2, -0.15) is 0 Å². The number of carboxylic acid groups (broad SMARTS) is 1. The molecule has 143 heavy (non-hydrogen) atoms. The third-order valence-electron chi connectivity index (χ3n) is 28.5. The number of hydrogen-bond acceptors (Lipinski definition) is 23. The van der Waals surface area contributed by atoms with Crippen LogP contribution >= 0.6 is 38.6 Å². The van der Waals surface area contributed by atoms with Crippen LogP contribution in [0.25, 0.3) is 86.5 Å². The van der Waals surface area contributed by atoms with Crippen LogP contribution in [-0.2, 0) is 87.3 Å². The predicted molar refractivity (Wildman–Crippen MR) is 577 cm³/mol. The zero-order valence-corrected chi connectivity index (χ0v) is 92.1. The molecular formula is C115H140BBrN4O20S2. The number of pyridine rings is 2. The average Bonchev–Trinajstić information content (AvgIpc) is 1.69. The minimum atomic E-state index is -1.21. The van der Waals surface area contributed by atoms with Crippen molar-refractivity contribution in [2.75, 3.05) is 59.2 Å². The molecule has 0 aliphatic carbocycles. The van der Waals surface area contributed by atoms with Crippen molar-refractivity contribution in [1.82, 2.24) is 9.97 Å². The molecule has 0 saturated carbocycles. The molecule has 0 amide bonds. The van der Waals surface area contributed by atoms with E-state index in [2.05, 4.69) is 78.7 Å². The molecular weight excluding hydrogens is 1910 g/mol. The van der Waals surface area contributed by atoms with Crippen molar-refractivity contribution in [3.05, 3.63) is 208 Å². The molecule has 28 heteroatoms. The number of carboxylic acids is 1. The van der Waals surface area contributed by atoms with Gasteiger partial charge in [-0.05, 0) is 442 Å². The summed E-state index contributed by atoms with van der Waals surface area (Å²) < 4.78 is 79.7. The van der Waals surface area contributed by atoms with Crippen molar-refractivity contribution < 1.29 is 85.7 Å². The number of methoxy groups -OCH3 is 3. The highest BCUT2D eigenvalue weighted by Crippen LogP contribution is 2.54. The number of anilines is 2. The Balaban J connectivity index is 0.000000152. The molecule has 5 aliphatic rings. The lowest BCUT2D eigenvalue weighted by atomic mass is 9.69. The van der Waals surface area contributed by atoms with E-state index in [-0.39, 0.29) is 11.1 Å². The molecule has 0 unspecified atom stereocenters. The second-order valence-electron chi connectivity index (χ2n) is 43.0. The molecule has 24 nitrogen and oxygen atoms in total. The van der Waals surface area contributed by atoms with Crippen LogP contribution in [0.3, 0.4) is 0 Å². The number of rotatable bonds is 17. The van der Waals surface area contributed by atoms with Crippen molar-refractivity contribution in [3.8, 4) is 67.5 Å². The number of hydrogen-bond donors (Lipinski definition) is 5. The topological polar surface area (TPSA) is 326 Å². The Morgan fingerprint density at radius 3 is 0.979 bits per heavy atom. The molecule has 12 aromatic rings. The summed E-state index contributed by atoms with van der Waals surface area (Å²) in [5.41, 5.74) is 39.2. The van der Waals surface area contributed by atoms with Crippen LogP contribution in [0, 0.1) is 83.1 Å². The summed E-state index contributed by atoms with van der Waals surface area (Å²) in [6.45, 7) is 58.1. The van der Waals surface area contributed by atoms with Gasteiger partial charge in [0.05, 0.1) is 92.4 Å². The number of nitrogen functional groups attached to an aromatic ring is 2. The van der Waals surface area contributed by atoms with Crippen LogP contribution in [0.2, 0.25) is 0 Å². The minimum Gasteiger partial charge on any atom is -0.493 e. The number of thiophene rings is 2. The fourth-order valence-corrected chi connectivity index (χ4v) is 23.0. The molecule has 762 valence electrons. The lowest BCUT2D eigenvalue weighted by Crippen LogP contribution is -2.41. The second-order valence-corrected chi connectivity index (χ2v) is 45.7. The van der Waals surface area contributed by atoms with Gasteiger partial charge in [0.15, 0.2) is 24.4 Å². The van der Waals surface area contributed by atoms with Crippen LogP contribution in [0.5, 0.6) is 23.0 Å². The summed E-state index contributed by atoms with van der Waals surface area (Å²) in [5, 5.41) is 18.0. The normalized spacial score (nSPS) is 15.7. The van der Waals surface area contributed by atoms with E-state index in [4.69, 9.17) is 72.9 Å². The Labute approximate surface area is 856 Å². The molecule has 4 atom stereocenters. The number of fused-ring (bicyclic) bond motifs is 10. The van der Waals surface area contributed by atoms with Gasteiger partial charge in [0.25, 0.3) is 11.1 Å². The maximum absolute atomic E-state index is 13.3. The largest absolute Gasteiger partial charge is 0.497 e. The van der Waals surface area contributed by atoms with Crippen molar-refractivity contribution in [3.63, 3.8) is 0 Å². The number of aromatic nitrogens is 2. The molecule has 4 aromatic heterocycles. The highest BCUT2D eigenvalue weighted by molar-refractivity contribution is 9.10. The van der Waals surface area contributed by atoms with Crippen molar-refractivity contribution in [2.45, 2.75) is 303 Å². The molecule has 0 spiro atoms. The molecule has 8 aromatic carbocycles. The van der Waals surface area contributed by atoms with Gasteiger partial charge in [-0.15, -0.1) is 22.7 Å². The van der Waals surface area contributed by atoms with Crippen LogP contribution in [-0.4, -0.2) is 127 Å². The number of aryl methyl sites for hydroxylation is 4. The summed E-state index contributed by atoms with van der Waals surface area (Å²) in [5.74, 6) is 1.20. The quantitative estimate of drug-likeness (QED) is 0.0245. The van der Waals surface area contributed by atoms with Gasteiger partial charge >= 0.3 is 31.0 Å². The zero-order valence-electron chi connectivity index (χ0n) is 88.9. The number of ether oxygens (including phenoxy) is 11. The number of esters is 3. The van der Waals surface area contributed by atoms with Gasteiger partial charge in [0.2, 0.25) is 0 Å². The lowest BCUT2D eigenvalue weighted by molar-refractivity contribution is -0.164. The molecule has 9 heterocycles. The maximum atomic E-state index is 13.3. The van der Waals surface area contributed by atoms with E-state index in [1.54, 1.807) is 0 Å². The fourth-order valence-electron chi connectivity index (χ4n) is 20.9. The maximum Gasteiger partial charge on any atom is 0.497 e. The first-order chi connectivity index (χ1) is 67.0. The number of carbonyl (C=O) groups is 4. The third kappa shape index (κ3) is 21.1. The Morgan fingerprint density at radius 1 is 0.399 bits per heavy atom. The average molecular weight is 2050 g/mol.